The van der Waals surface area contributed by atoms with Crippen molar-refractivity contribution in [1.29, 1.82) is 0 Å². The summed E-state index contributed by atoms with van der Waals surface area (Å²) >= 11 is 0. The molecule has 2 rings (SSSR count). The maximum Gasteiger partial charge on any atom is 0.271 e. The highest BCUT2D eigenvalue weighted by Gasteiger charge is 2.13. The van der Waals surface area contributed by atoms with E-state index in [1.807, 2.05) is 13.0 Å². The standard InChI is InChI=1S/C19H22N2O4/c1-4-10-25-18-16(23-2)11-14(12-17(18)24-3)13-20-21-19(22)15-8-6-5-7-9-15/h5-9,11-13H,4,10H2,1-3H3,(H,21,22)/b20-13+. The maximum absolute atomic E-state index is 12.0. The average molecular weight is 342 g/mol. The Kier molecular flexibility index (Phi) is 6.83. The second kappa shape index (κ2) is 9.32. The van der Waals surface area contributed by atoms with E-state index < -0.39 is 0 Å². The molecule has 0 atom stereocenters. The van der Waals surface area contributed by atoms with Crippen molar-refractivity contribution < 1.29 is 19.0 Å². The fourth-order valence-corrected chi connectivity index (χ4v) is 2.14. The van der Waals surface area contributed by atoms with Gasteiger partial charge in [-0.25, -0.2) is 5.43 Å². The molecule has 0 heterocycles. The number of carbonyl (C=O) groups excluding carboxylic acids is 1. The third-order valence-corrected chi connectivity index (χ3v) is 3.35. The van der Waals surface area contributed by atoms with Gasteiger partial charge in [-0.05, 0) is 30.7 Å². The number of benzene rings is 2. The Morgan fingerprint density at radius 3 is 2.32 bits per heavy atom. The van der Waals surface area contributed by atoms with Crippen molar-refractivity contribution >= 4 is 12.1 Å². The van der Waals surface area contributed by atoms with E-state index in [0.717, 1.165) is 6.42 Å². The molecule has 1 amide bonds. The third kappa shape index (κ3) is 4.97. The molecule has 0 aliphatic rings. The summed E-state index contributed by atoms with van der Waals surface area (Å²) in [7, 11) is 3.12. The molecule has 0 unspecified atom stereocenters. The van der Waals surface area contributed by atoms with Gasteiger partial charge in [-0.1, -0.05) is 25.1 Å². The number of nitrogens with zero attached hydrogens (tertiary/aromatic N) is 1. The topological polar surface area (TPSA) is 69.2 Å². The van der Waals surface area contributed by atoms with E-state index in [-0.39, 0.29) is 5.91 Å². The summed E-state index contributed by atoms with van der Waals surface area (Å²) in [4.78, 5) is 12.0. The molecule has 0 radical (unpaired) electrons. The number of hydrogen-bond donors (Lipinski definition) is 1. The zero-order chi connectivity index (χ0) is 18.1. The van der Waals surface area contributed by atoms with Crippen molar-refractivity contribution in [2.75, 3.05) is 20.8 Å². The first-order valence-corrected chi connectivity index (χ1v) is 7.96. The van der Waals surface area contributed by atoms with Gasteiger partial charge in [-0.3, -0.25) is 4.79 Å². The largest absolute Gasteiger partial charge is 0.493 e. The highest BCUT2D eigenvalue weighted by atomic mass is 16.5. The highest BCUT2D eigenvalue weighted by Crippen LogP contribution is 2.38. The lowest BCUT2D eigenvalue weighted by atomic mass is 10.2. The molecular weight excluding hydrogens is 320 g/mol. The van der Waals surface area contributed by atoms with Crippen LogP contribution in [0.3, 0.4) is 0 Å². The van der Waals surface area contributed by atoms with Gasteiger partial charge in [0, 0.05) is 11.1 Å². The first-order chi connectivity index (χ1) is 12.2. The van der Waals surface area contributed by atoms with Crippen LogP contribution in [0.5, 0.6) is 17.2 Å². The molecule has 132 valence electrons. The summed E-state index contributed by atoms with van der Waals surface area (Å²) in [6.07, 6.45) is 2.40. The first kappa shape index (κ1) is 18.3. The van der Waals surface area contributed by atoms with E-state index in [9.17, 15) is 4.79 Å². The Morgan fingerprint density at radius 1 is 1.12 bits per heavy atom. The van der Waals surface area contributed by atoms with Crippen molar-refractivity contribution in [3.8, 4) is 17.2 Å². The van der Waals surface area contributed by atoms with Crippen LogP contribution >= 0.6 is 0 Å². The minimum atomic E-state index is -0.279. The SMILES string of the molecule is CCCOc1c(OC)cc(/C=N/NC(=O)c2ccccc2)cc1OC. The van der Waals surface area contributed by atoms with Gasteiger partial charge in [0.1, 0.15) is 0 Å². The van der Waals surface area contributed by atoms with Crippen molar-refractivity contribution in [3.05, 3.63) is 53.6 Å². The van der Waals surface area contributed by atoms with Crippen LogP contribution in [-0.2, 0) is 0 Å². The molecule has 6 nitrogen and oxygen atoms in total. The molecule has 0 aromatic heterocycles. The van der Waals surface area contributed by atoms with E-state index in [4.69, 9.17) is 14.2 Å². The lowest BCUT2D eigenvalue weighted by molar-refractivity contribution is 0.0955. The maximum atomic E-state index is 12.0. The van der Waals surface area contributed by atoms with E-state index in [1.54, 1.807) is 50.6 Å². The first-order valence-electron chi connectivity index (χ1n) is 7.96. The summed E-state index contributed by atoms with van der Waals surface area (Å²) in [5.41, 5.74) is 3.74. The van der Waals surface area contributed by atoms with Crippen LogP contribution in [-0.4, -0.2) is 32.9 Å². The second-order valence-electron chi connectivity index (χ2n) is 5.17. The predicted molar refractivity (Wildman–Crippen MR) is 96.8 cm³/mol. The Bertz CT molecular complexity index is 704. The van der Waals surface area contributed by atoms with Crippen LogP contribution in [0.2, 0.25) is 0 Å². The summed E-state index contributed by atoms with van der Waals surface area (Å²) in [6.45, 7) is 2.59. The lowest BCUT2D eigenvalue weighted by Gasteiger charge is -2.14. The quantitative estimate of drug-likeness (QED) is 0.590. The Balaban J connectivity index is 2.14. The fourth-order valence-electron chi connectivity index (χ4n) is 2.14. The molecule has 0 spiro atoms. The number of ether oxygens (including phenoxy) is 3. The van der Waals surface area contributed by atoms with Gasteiger partial charge in [0.05, 0.1) is 27.0 Å². The molecule has 0 aliphatic carbocycles. The zero-order valence-corrected chi connectivity index (χ0v) is 14.6. The Hall–Kier alpha value is -3.02. The van der Waals surface area contributed by atoms with Crippen molar-refractivity contribution in [3.63, 3.8) is 0 Å². The van der Waals surface area contributed by atoms with Crippen LogP contribution in [0.15, 0.2) is 47.6 Å². The number of amides is 1. The van der Waals surface area contributed by atoms with Gasteiger partial charge in [0.2, 0.25) is 5.75 Å². The highest BCUT2D eigenvalue weighted by molar-refractivity contribution is 5.94. The van der Waals surface area contributed by atoms with Crippen molar-refractivity contribution in [2.45, 2.75) is 13.3 Å². The monoisotopic (exact) mass is 342 g/mol. The molecule has 0 saturated heterocycles. The summed E-state index contributed by atoms with van der Waals surface area (Å²) in [5.74, 6) is 1.36. The molecule has 0 saturated carbocycles. The number of hydrazone groups is 1. The normalized spacial score (nSPS) is 10.5. The van der Waals surface area contributed by atoms with Crippen LogP contribution in [0.4, 0.5) is 0 Å². The van der Waals surface area contributed by atoms with Gasteiger partial charge in [-0.15, -0.1) is 0 Å². The zero-order valence-electron chi connectivity index (χ0n) is 14.6. The molecule has 2 aromatic rings. The van der Waals surface area contributed by atoms with Crippen molar-refractivity contribution in [2.24, 2.45) is 5.10 Å². The fraction of sp³-hybridized carbons (Fsp3) is 0.263. The predicted octanol–water partition coefficient (Wildman–Crippen LogP) is 3.26. The smallest absolute Gasteiger partial charge is 0.271 e. The van der Waals surface area contributed by atoms with Crippen LogP contribution < -0.4 is 19.6 Å². The van der Waals surface area contributed by atoms with Gasteiger partial charge in [-0.2, -0.15) is 5.10 Å². The van der Waals surface area contributed by atoms with Crippen molar-refractivity contribution in [1.82, 2.24) is 5.43 Å². The van der Waals surface area contributed by atoms with Gasteiger partial charge in [0.15, 0.2) is 11.5 Å². The molecule has 0 fully saturated rings. The van der Waals surface area contributed by atoms with E-state index in [1.165, 1.54) is 6.21 Å². The van der Waals surface area contributed by atoms with E-state index >= 15 is 0 Å². The average Bonchev–Trinajstić information content (AvgIpc) is 2.66. The summed E-state index contributed by atoms with van der Waals surface area (Å²) < 4.78 is 16.4. The van der Waals surface area contributed by atoms with E-state index in [2.05, 4.69) is 10.5 Å². The number of methoxy groups -OCH3 is 2. The molecule has 6 heteroatoms. The lowest BCUT2D eigenvalue weighted by Crippen LogP contribution is -2.17. The molecular formula is C19H22N2O4. The van der Waals surface area contributed by atoms with E-state index in [0.29, 0.717) is 35.0 Å². The van der Waals surface area contributed by atoms with Gasteiger partial charge >= 0.3 is 0 Å². The third-order valence-electron chi connectivity index (χ3n) is 3.35. The second-order valence-corrected chi connectivity index (χ2v) is 5.17. The minimum Gasteiger partial charge on any atom is -0.493 e. The number of carbonyl (C=O) groups is 1. The van der Waals surface area contributed by atoms with Crippen LogP contribution in [0.25, 0.3) is 0 Å². The number of hydrogen-bond acceptors (Lipinski definition) is 5. The van der Waals surface area contributed by atoms with Gasteiger partial charge in [0.25, 0.3) is 5.91 Å². The van der Waals surface area contributed by atoms with Gasteiger partial charge < -0.3 is 14.2 Å². The number of nitrogens with one attached hydrogen (secondary N) is 1. The molecule has 2 aromatic carbocycles. The summed E-state index contributed by atoms with van der Waals surface area (Å²) in [6, 6.07) is 12.4. The molecule has 0 aliphatic heterocycles. The Morgan fingerprint density at radius 2 is 1.76 bits per heavy atom. The van der Waals surface area contributed by atoms with Crippen LogP contribution in [0, 0.1) is 0 Å². The minimum absolute atomic E-state index is 0.279. The molecule has 25 heavy (non-hydrogen) atoms. The number of rotatable bonds is 8. The molecule has 0 bridgehead atoms. The Labute approximate surface area is 147 Å². The van der Waals surface area contributed by atoms with Crippen LogP contribution in [0.1, 0.15) is 29.3 Å². The molecule has 1 N–H and O–H groups in total. The summed E-state index contributed by atoms with van der Waals surface area (Å²) in [5, 5.41) is 3.98.